The highest BCUT2D eigenvalue weighted by Gasteiger charge is 2.46. The van der Waals surface area contributed by atoms with Crippen molar-refractivity contribution in [3.8, 4) is 0 Å². The molecule has 126 valence electrons. The molecule has 2 fully saturated rings. The van der Waals surface area contributed by atoms with Crippen LogP contribution in [-0.4, -0.2) is 22.2 Å². The lowest BCUT2D eigenvalue weighted by molar-refractivity contribution is 0.0695. The summed E-state index contributed by atoms with van der Waals surface area (Å²) in [4.78, 5) is 21.1. The lowest BCUT2D eigenvalue weighted by Gasteiger charge is -2.09. The number of fused-ring (bicyclic) bond motifs is 1. The van der Waals surface area contributed by atoms with Gasteiger partial charge < -0.3 is 10.2 Å². The van der Waals surface area contributed by atoms with Gasteiger partial charge in [0.2, 0.25) is 0 Å². The van der Waals surface area contributed by atoms with Crippen molar-refractivity contribution >= 4 is 11.9 Å². The highest BCUT2D eigenvalue weighted by atomic mass is 16.4. The van der Waals surface area contributed by atoms with Gasteiger partial charge >= 0.3 is 11.9 Å². The summed E-state index contributed by atoms with van der Waals surface area (Å²) >= 11 is 0. The Morgan fingerprint density at radius 2 is 1.91 bits per heavy atom. The van der Waals surface area contributed by atoms with Crippen molar-refractivity contribution in [3.63, 3.8) is 0 Å². The fraction of sp³-hybridized carbons (Fsp3) is 0.579. The first-order chi connectivity index (χ1) is 10.9. The van der Waals surface area contributed by atoms with Gasteiger partial charge in [0.05, 0.1) is 11.1 Å². The van der Waals surface area contributed by atoms with Gasteiger partial charge in [-0.1, -0.05) is 32.3 Å². The zero-order chi connectivity index (χ0) is 17.0. The molecule has 2 saturated carbocycles. The van der Waals surface area contributed by atoms with Gasteiger partial charge in [0.1, 0.15) is 0 Å². The van der Waals surface area contributed by atoms with E-state index in [2.05, 4.69) is 6.92 Å². The number of rotatable bonds is 5. The van der Waals surface area contributed by atoms with Gasteiger partial charge in [-0.25, -0.2) is 9.59 Å². The molecule has 0 amide bonds. The molecule has 2 aliphatic rings. The van der Waals surface area contributed by atoms with Crippen LogP contribution in [0.4, 0.5) is 0 Å². The minimum absolute atomic E-state index is 0.0111. The van der Waals surface area contributed by atoms with Gasteiger partial charge in [0.25, 0.3) is 0 Å². The van der Waals surface area contributed by atoms with E-state index >= 15 is 0 Å². The summed E-state index contributed by atoms with van der Waals surface area (Å²) in [5.74, 6) is 1.32. The molecule has 23 heavy (non-hydrogen) atoms. The van der Waals surface area contributed by atoms with Crippen molar-refractivity contribution in [2.75, 3.05) is 0 Å². The second kappa shape index (κ2) is 7.62. The van der Waals surface area contributed by atoms with E-state index in [1.54, 1.807) is 26.2 Å². The predicted molar refractivity (Wildman–Crippen MR) is 88.9 cm³/mol. The number of carboxylic acids is 2. The summed E-state index contributed by atoms with van der Waals surface area (Å²) in [5.41, 5.74) is 0.570. The standard InChI is InChI=1S/C10H18.C9H8O4/c1-2-3-4-8-5-6-9-7-10(8)9;1-5-2-3-6(8(10)11)4-7(5)9(12)13/h8-10H,2-7H2,1H3;2-4H,1H3,(H,10,11)(H,12,13). The van der Waals surface area contributed by atoms with Crippen molar-refractivity contribution < 1.29 is 19.8 Å². The summed E-state index contributed by atoms with van der Waals surface area (Å²) in [6.45, 7) is 3.93. The lowest BCUT2D eigenvalue weighted by atomic mass is 9.97. The molecule has 0 saturated heterocycles. The normalized spacial score (nSPS) is 24.3. The van der Waals surface area contributed by atoms with Crippen LogP contribution in [0.2, 0.25) is 0 Å². The number of carbonyl (C=O) groups is 2. The minimum Gasteiger partial charge on any atom is -0.478 e. The van der Waals surface area contributed by atoms with Crippen molar-refractivity contribution in [2.45, 2.75) is 52.4 Å². The number of carboxylic acid groups (broad SMARTS) is 2. The van der Waals surface area contributed by atoms with Gasteiger partial charge in [0.15, 0.2) is 0 Å². The van der Waals surface area contributed by atoms with Gasteiger partial charge in [-0.3, -0.25) is 0 Å². The maximum atomic E-state index is 10.6. The molecular weight excluding hydrogens is 292 g/mol. The van der Waals surface area contributed by atoms with Crippen LogP contribution < -0.4 is 0 Å². The molecule has 0 radical (unpaired) electrons. The minimum atomic E-state index is -1.12. The second-order valence-electron chi connectivity index (χ2n) is 6.78. The van der Waals surface area contributed by atoms with Gasteiger partial charge in [-0.2, -0.15) is 0 Å². The Bertz CT molecular complexity index is 579. The highest BCUT2D eigenvalue weighted by molar-refractivity contribution is 5.94. The SMILES string of the molecule is CCCCC1CCC2CC12.Cc1ccc(C(=O)O)cc1C(=O)O. The van der Waals surface area contributed by atoms with Crippen LogP contribution >= 0.6 is 0 Å². The zero-order valence-corrected chi connectivity index (χ0v) is 13.9. The van der Waals surface area contributed by atoms with Crippen LogP contribution in [0.3, 0.4) is 0 Å². The van der Waals surface area contributed by atoms with Crippen molar-refractivity contribution in [3.05, 3.63) is 34.9 Å². The largest absolute Gasteiger partial charge is 0.478 e. The van der Waals surface area contributed by atoms with E-state index in [0.717, 1.165) is 12.0 Å². The zero-order valence-electron chi connectivity index (χ0n) is 13.9. The molecule has 0 aliphatic heterocycles. The van der Waals surface area contributed by atoms with Crippen LogP contribution in [0.25, 0.3) is 0 Å². The number of benzene rings is 1. The summed E-state index contributed by atoms with van der Waals surface area (Å²) in [6, 6.07) is 4.01. The second-order valence-corrected chi connectivity index (χ2v) is 6.78. The Labute approximate surface area is 137 Å². The van der Waals surface area contributed by atoms with Crippen molar-refractivity contribution in [2.24, 2.45) is 17.8 Å². The monoisotopic (exact) mass is 318 g/mol. The van der Waals surface area contributed by atoms with E-state index in [1.165, 1.54) is 43.2 Å². The molecule has 0 aromatic heterocycles. The predicted octanol–water partition coefficient (Wildman–Crippen LogP) is 4.61. The first-order valence-corrected chi connectivity index (χ1v) is 8.51. The van der Waals surface area contributed by atoms with E-state index in [9.17, 15) is 9.59 Å². The molecule has 3 rings (SSSR count). The van der Waals surface area contributed by atoms with E-state index < -0.39 is 11.9 Å². The fourth-order valence-corrected chi connectivity index (χ4v) is 3.63. The Kier molecular flexibility index (Phi) is 5.80. The molecule has 1 aromatic rings. The fourth-order valence-electron chi connectivity index (χ4n) is 3.63. The summed E-state index contributed by atoms with van der Waals surface area (Å²) in [6.07, 6.45) is 9.14. The first-order valence-electron chi connectivity index (χ1n) is 8.51. The molecule has 4 heteroatoms. The van der Waals surface area contributed by atoms with Crippen LogP contribution in [0.1, 0.15) is 71.7 Å². The van der Waals surface area contributed by atoms with Crippen molar-refractivity contribution in [1.29, 1.82) is 0 Å². The third-order valence-electron chi connectivity index (χ3n) is 5.13. The Hall–Kier alpha value is -1.84. The van der Waals surface area contributed by atoms with Crippen LogP contribution in [0.5, 0.6) is 0 Å². The average molecular weight is 318 g/mol. The van der Waals surface area contributed by atoms with E-state index in [0.29, 0.717) is 5.56 Å². The molecule has 3 atom stereocenters. The molecule has 2 aliphatic carbocycles. The molecule has 4 nitrogen and oxygen atoms in total. The molecular formula is C19H26O4. The molecule has 0 heterocycles. The number of aromatic carboxylic acids is 2. The molecule has 1 aromatic carbocycles. The number of hydrogen-bond donors (Lipinski definition) is 2. The van der Waals surface area contributed by atoms with Gasteiger partial charge in [0, 0.05) is 0 Å². The van der Waals surface area contributed by atoms with Crippen LogP contribution in [-0.2, 0) is 0 Å². The van der Waals surface area contributed by atoms with Gasteiger partial charge in [-0.15, -0.1) is 0 Å². The maximum Gasteiger partial charge on any atom is 0.335 e. The Morgan fingerprint density at radius 1 is 1.17 bits per heavy atom. The number of unbranched alkanes of at least 4 members (excludes halogenated alkanes) is 1. The smallest absolute Gasteiger partial charge is 0.335 e. The topological polar surface area (TPSA) is 74.6 Å². The Balaban J connectivity index is 0.000000172. The lowest BCUT2D eigenvalue weighted by Crippen LogP contribution is -2.03. The average Bonchev–Trinajstić information content (AvgIpc) is 3.19. The number of hydrogen-bond acceptors (Lipinski definition) is 2. The molecule has 3 unspecified atom stereocenters. The summed E-state index contributed by atoms with van der Waals surface area (Å²) < 4.78 is 0. The van der Waals surface area contributed by atoms with E-state index in [4.69, 9.17) is 10.2 Å². The Morgan fingerprint density at radius 3 is 2.39 bits per heavy atom. The van der Waals surface area contributed by atoms with E-state index in [1.807, 2.05) is 0 Å². The molecule has 2 N–H and O–H groups in total. The summed E-state index contributed by atoms with van der Waals surface area (Å²) in [7, 11) is 0. The van der Waals surface area contributed by atoms with E-state index in [-0.39, 0.29) is 11.1 Å². The quantitative estimate of drug-likeness (QED) is 0.831. The third-order valence-corrected chi connectivity index (χ3v) is 5.13. The number of aryl methyl sites for hydroxylation is 1. The van der Waals surface area contributed by atoms with Crippen LogP contribution in [0.15, 0.2) is 18.2 Å². The first kappa shape index (κ1) is 17.5. The van der Waals surface area contributed by atoms with Crippen LogP contribution in [0, 0.1) is 24.7 Å². The summed E-state index contributed by atoms with van der Waals surface area (Å²) in [5, 5.41) is 17.3. The third kappa shape index (κ3) is 4.57. The van der Waals surface area contributed by atoms with Crippen molar-refractivity contribution in [1.82, 2.24) is 0 Å². The highest BCUT2D eigenvalue weighted by Crippen LogP contribution is 2.56. The molecule has 0 bridgehead atoms. The maximum absolute atomic E-state index is 10.6. The molecule has 0 spiro atoms. The van der Waals surface area contributed by atoms with Gasteiger partial charge in [-0.05, 0) is 61.6 Å².